The maximum atomic E-state index is 11.1. The Bertz CT molecular complexity index is 391. The predicted octanol–water partition coefficient (Wildman–Crippen LogP) is 2.03. The van der Waals surface area contributed by atoms with Crippen LogP contribution in [0, 0.1) is 0 Å². The van der Waals surface area contributed by atoms with Gasteiger partial charge < -0.3 is 15.8 Å². The Kier molecular flexibility index (Phi) is 8.69. The van der Waals surface area contributed by atoms with Crippen LogP contribution in [0.5, 0.6) is 5.75 Å². The third-order valence-corrected chi connectivity index (χ3v) is 3.67. The van der Waals surface area contributed by atoms with Crippen molar-refractivity contribution in [3.8, 4) is 5.75 Å². The minimum absolute atomic E-state index is 0.0217. The van der Waals surface area contributed by atoms with Crippen molar-refractivity contribution in [2.24, 2.45) is 5.73 Å². The van der Waals surface area contributed by atoms with Gasteiger partial charge in [0.2, 0.25) is 5.91 Å². The molecule has 0 saturated heterocycles. The molecule has 1 aromatic carbocycles. The second-order valence-electron chi connectivity index (χ2n) is 3.81. The highest BCUT2D eigenvalue weighted by Gasteiger charge is 1.98. The SMILES string of the molecule is NCCC(=O)NCCSCCOc1cccc(Br)c1. The van der Waals surface area contributed by atoms with Crippen molar-refractivity contribution in [2.75, 3.05) is 31.2 Å². The summed E-state index contributed by atoms with van der Waals surface area (Å²) in [6.07, 6.45) is 0.399. The molecular formula is C13H19BrN2O2S. The molecule has 0 aromatic heterocycles. The van der Waals surface area contributed by atoms with Gasteiger partial charge in [-0.15, -0.1) is 0 Å². The summed E-state index contributed by atoms with van der Waals surface area (Å²) in [6, 6.07) is 7.78. The number of rotatable bonds is 9. The minimum Gasteiger partial charge on any atom is -0.493 e. The van der Waals surface area contributed by atoms with Gasteiger partial charge in [0.25, 0.3) is 0 Å². The second kappa shape index (κ2) is 10.1. The van der Waals surface area contributed by atoms with Crippen molar-refractivity contribution < 1.29 is 9.53 Å². The normalized spacial score (nSPS) is 10.2. The largest absolute Gasteiger partial charge is 0.493 e. The molecule has 0 spiro atoms. The van der Waals surface area contributed by atoms with E-state index in [9.17, 15) is 4.79 Å². The topological polar surface area (TPSA) is 64.4 Å². The number of nitrogens with one attached hydrogen (secondary N) is 1. The van der Waals surface area contributed by atoms with Crippen LogP contribution in [0.15, 0.2) is 28.7 Å². The van der Waals surface area contributed by atoms with Crippen LogP contribution in [-0.4, -0.2) is 37.1 Å². The average Bonchev–Trinajstić information content (AvgIpc) is 2.38. The second-order valence-corrected chi connectivity index (χ2v) is 5.95. The molecule has 1 aromatic rings. The summed E-state index contributed by atoms with van der Waals surface area (Å²) in [7, 11) is 0. The third kappa shape index (κ3) is 8.13. The molecule has 0 bridgehead atoms. The van der Waals surface area contributed by atoms with Crippen LogP contribution in [0.2, 0.25) is 0 Å². The summed E-state index contributed by atoms with van der Waals surface area (Å²) in [5.74, 6) is 2.68. The molecule has 0 heterocycles. The van der Waals surface area contributed by atoms with Crippen molar-refractivity contribution in [1.29, 1.82) is 0 Å². The number of nitrogens with two attached hydrogens (primary N) is 1. The maximum absolute atomic E-state index is 11.1. The van der Waals surface area contributed by atoms with Crippen molar-refractivity contribution in [3.05, 3.63) is 28.7 Å². The van der Waals surface area contributed by atoms with Gasteiger partial charge in [0.05, 0.1) is 6.61 Å². The molecule has 0 unspecified atom stereocenters. The molecule has 0 atom stereocenters. The molecule has 0 saturated carbocycles. The van der Waals surface area contributed by atoms with E-state index in [4.69, 9.17) is 10.5 Å². The molecule has 19 heavy (non-hydrogen) atoms. The van der Waals surface area contributed by atoms with Crippen LogP contribution in [0.1, 0.15) is 6.42 Å². The molecule has 0 aliphatic carbocycles. The Morgan fingerprint density at radius 2 is 2.26 bits per heavy atom. The van der Waals surface area contributed by atoms with Gasteiger partial charge in [-0.1, -0.05) is 22.0 Å². The van der Waals surface area contributed by atoms with Crippen molar-refractivity contribution in [3.63, 3.8) is 0 Å². The Morgan fingerprint density at radius 3 is 3.00 bits per heavy atom. The number of halogens is 1. The minimum atomic E-state index is 0.0217. The van der Waals surface area contributed by atoms with E-state index >= 15 is 0 Å². The number of carbonyl (C=O) groups excluding carboxylic acids is 1. The van der Waals surface area contributed by atoms with Gasteiger partial charge in [-0.2, -0.15) is 11.8 Å². The highest BCUT2D eigenvalue weighted by atomic mass is 79.9. The summed E-state index contributed by atoms with van der Waals surface area (Å²) in [5, 5.41) is 2.81. The monoisotopic (exact) mass is 346 g/mol. The fourth-order valence-electron chi connectivity index (χ4n) is 1.36. The van der Waals surface area contributed by atoms with E-state index in [1.165, 1.54) is 0 Å². The zero-order valence-corrected chi connectivity index (χ0v) is 13.1. The number of benzene rings is 1. The van der Waals surface area contributed by atoms with Crippen LogP contribution in [-0.2, 0) is 4.79 Å². The van der Waals surface area contributed by atoms with Gasteiger partial charge in [-0.05, 0) is 18.2 Å². The summed E-state index contributed by atoms with van der Waals surface area (Å²) < 4.78 is 6.61. The highest BCUT2D eigenvalue weighted by Crippen LogP contribution is 2.17. The summed E-state index contributed by atoms with van der Waals surface area (Å²) in [4.78, 5) is 11.1. The molecule has 0 fully saturated rings. The van der Waals surface area contributed by atoms with Crippen molar-refractivity contribution in [2.45, 2.75) is 6.42 Å². The van der Waals surface area contributed by atoms with E-state index in [1.807, 2.05) is 24.3 Å². The Labute approximate surface area is 126 Å². The lowest BCUT2D eigenvalue weighted by Crippen LogP contribution is -2.27. The molecular weight excluding hydrogens is 328 g/mol. The number of ether oxygens (including phenoxy) is 1. The van der Waals surface area contributed by atoms with E-state index in [0.29, 0.717) is 26.1 Å². The lowest BCUT2D eigenvalue weighted by molar-refractivity contribution is -0.120. The lowest BCUT2D eigenvalue weighted by atomic mass is 10.3. The standard InChI is InChI=1S/C13H19BrN2O2S/c14-11-2-1-3-12(10-11)18-7-9-19-8-6-16-13(17)4-5-15/h1-3,10H,4-9,15H2,(H,16,17). The quantitative estimate of drug-likeness (QED) is 0.671. The summed E-state index contributed by atoms with van der Waals surface area (Å²) in [5.41, 5.74) is 5.28. The van der Waals surface area contributed by atoms with Crippen molar-refractivity contribution in [1.82, 2.24) is 5.32 Å². The fourth-order valence-corrected chi connectivity index (χ4v) is 2.39. The first-order chi connectivity index (χ1) is 9.22. The van der Waals surface area contributed by atoms with Gasteiger partial charge in [-0.3, -0.25) is 4.79 Å². The number of thioether (sulfide) groups is 1. The van der Waals surface area contributed by atoms with Crippen LogP contribution < -0.4 is 15.8 Å². The Hall–Kier alpha value is -0.720. The van der Waals surface area contributed by atoms with E-state index in [2.05, 4.69) is 21.2 Å². The molecule has 0 aliphatic heterocycles. The van der Waals surface area contributed by atoms with Crippen molar-refractivity contribution >= 4 is 33.6 Å². The molecule has 4 nitrogen and oxygen atoms in total. The predicted molar refractivity (Wildman–Crippen MR) is 83.6 cm³/mol. The van der Waals surface area contributed by atoms with Gasteiger partial charge in [0, 0.05) is 35.5 Å². The van der Waals surface area contributed by atoms with E-state index < -0.39 is 0 Å². The van der Waals surface area contributed by atoms with Gasteiger partial charge in [0.1, 0.15) is 5.75 Å². The number of carbonyl (C=O) groups is 1. The average molecular weight is 347 g/mol. The molecule has 0 aliphatic rings. The van der Waals surface area contributed by atoms with Gasteiger partial charge >= 0.3 is 0 Å². The first-order valence-corrected chi connectivity index (χ1v) is 8.10. The first-order valence-electron chi connectivity index (χ1n) is 6.15. The number of hydrogen-bond acceptors (Lipinski definition) is 4. The molecule has 106 valence electrons. The number of hydrogen-bond donors (Lipinski definition) is 2. The maximum Gasteiger partial charge on any atom is 0.221 e. The first kappa shape index (κ1) is 16.3. The molecule has 1 amide bonds. The Balaban J connectivity index is 1.98. The molecule has 6 heteroatoms. The smallest absolute Gasteiger partial charge is 0.221 e. The highest BCUT2D eigenvalue weighted by molar-refractivity contribution is 9.10. The zero-order chi connectivity index (χ0) is 13.9. The summed E-state index contributed by atoms with van der Waals surface area (Å²) >= 11 is 5.15. The molecule has 3 N–H and O–H groups in total. The molecule has 0 radical (unpaired) electrons. The lowest BCUT2D eigenvalue weighted by Gasteiger charge is -2.07. The number of amides is 1. The van der Waals surface area contributed by atoms with E-state index in [-0.39, 0.29) is 5.91 Å². The van der Waals surface area contributed by atoms with Gasteiger partial charge in [-0.25, -0.2) is 0 Å². The van der Waals surface area contributed by atoms with Crippen LogP contribution >= 0.6 is 27.7 Å². The Morgan fingerprint density at radius 1 is 1.42 bits per heavy atom. The van der Waals surface area contributed by atoms with Crippen LogP contribution in [0.4, 0.5) is 0 Å². The van der Waals surface area contributed by atoms with Crippen LogP contribution in [0.25, 0.3) is 0 Å². The van der Waals surface area contributed by atoms with Gasteiger partial charge in [0.15, 0.2) is 0 Å². The van der Waals surface area contributed by atoms with Crippen LogP contribution in [0.3, 0.4) is 0 Å². The molecule has 1 rings (SSSR count). The third-order valence-electron chi connectivity index (χ3n) is 2.23. The summed E-state index contributed by atoms with van der Waals surface area (Å²) in [6.45, 7) is 1.75. The van der Waals surface area contributed by atoms with E-state index in [0.717, 1.165) is 21.7 Å². The fraction of sp³-hybridized carbons (Fsp3) is 0.462. The zero-order valence-electron chi connectivity index (χ0n) is 10.7. The van der Waals surface area contributed by atoms with E-state index in [1.54, 1.807) is 11.8 Å².